The molecule has 1 unspecified atom stereocenters. The number of nitrogens with one attached hydrogen (secondary N) is 1. The van der Waals surface area contributed by atoms with Crippen LogP contribution in [-0.2, 0) is 14.8 Å². The quantitative estimate of drug-likeness (QED) is 0.802. The maximum absolute atomic E-state index is 12.3. The SMILES string of the molecule is CCN(CC)C(=O)C(C)NS(=O)(=O)c1ccc(Cl)c(Br)c1. The van der Waals surface area contributed by atoms with Gasteiger partial charge in [0.25, 0.3) is 0 Å². The molecule has 1 aromatic rings. The van der Waals surface area contributed by atoms with E-state index < -0.39 is 16.1 Å². The molecule has 0 radical (unpaired) electrons. The number of nitrogens with zero attached hydrogens (tertiary/aromatic N) is 1. The molecule has 1 aromatic carbocycles. The molecule has 0 aromatic heterocycles. The summed E-state index contributed by atoms with van der Waals surface area (Å²) < 4.78 is 27.4. The zero-order valence-electron chi connectivity index (χ0n) is 12.1. The van der Waals surface area contributed by atoms with E-state index in [0.717, 1.165) is 0 Å². The fourth-order valence-corrected chi connectivity index (χ4v) is 3.67. The van der Waals surface area contributed by atoms with Crippen LogP contribution in [0, 0.1) is 0 Å². The topological polar surface area (TPSA) is 66.5 Å². The summed E-state index contributed by atoms with van der Waals surface area (Å²) in [6.07, 6.45) is 0. The molecule has 5 nitrogen and oxygen atoms in total. The number of amides is 1. The first-order chi connectivity index (χ1) is 9.72. The fraction of sp³-hybridized carbons (Fsp3) is 0.462. The molecule has 1 amide bonds. The highest BCUT2D eigenvalue weighted by atomic mass is 79.9. The van der Waals surface area contributed by atoms with E-state index in [1.807, 2.05) is 13.8 Å². The van der Waals surface area contributed by atoms with E-state index in [4.69, 9.17) is 11.6 Å². The fourth-order valence-electron chi connectivity index (χ4n) is 1.80. The van der Waals surface area contributed by atoms with Gasteiger partial charge in [0.05, 0.1) is 16.0 Å². The minimum absolute atomic E-state index is 0.0537. The van der Waals surface area contributed by atoms with Crippen molar-refractivity contribution < 1.29 is 13.2 Å². The molecule has 0 aliphatic rings. The molecule has 1 rings (SSSR count). The maximum Gasteiger partial charge on any atom is 0.241 e. The molecule has 1 N–H and O–H groups in total. The molecule has 0 saturated carbocycles. The van der Waals surface area contributed by atoms with Gasteiger partial charge in [-0.05, 0) is 54.9 Å². The number of sulfonamides is 1. The molecule has 0 bridgehead atoms. The Bertz CT molecular complexity index is 618. The van der Waals surface area contributed by atoms with Gasteiger partial charge in [0.2, 0.25) is 15.9 Å². The second-order valence-electron chi connectivity index (χ2n) is 4.43. The van der Waals surface area contributed by atoms with Crippen LogP contribution in [0.4, 0.5) is 0 Å². The minimum atomic E-state index is -3.78. The van der Waals surface area contributed by atoms with Gasteiger partial charge in [-0.3, -0.25) is 4.79 Å². The Morgan fingerprint density at radius 1 is 1.38 bits per heavy atom. The summed E-state index contributed by atoms with van der Waals surface area (Å²) in [4.78, 5) is 13.7. The molecule has 8 heteroatoms. The highest BCUT2D eigenvalue weighted by Crippen LogP contribution is 2.25. The lowest BCUT2D eigenvalue weighted by atomic mass is 10.3. The zero-order valence-corrected chi connectivity index (χ0v) is 15.2. The average Bonchev–Trinajstić information content (AvgIpc) is 2.42. The minimum Gasteiger partial charge on any atom is -0.342 e. The van der Waals surface area contributed by atoms with Crippen LogP contribution >= 0.6 is 27.5 Å². The van der Waals surface area contributed by atoms with Gasteiger partial charge in [0.1, 0.15) is 0 Å². The number of carbonyl (C=O) groups excluding carboxylic acids is 1. The second-order valence-corrected chi connectivity index (χ2v) is 7.40. The van der Waals surface area contributed by atoms with E-state index in [1.165, 1.54) is 25.1 Å². The van der Waals surface area contributed by atoms with Crippen molar-refractivity contribution >= 4 is 43.5 Å². The van der Waals surface area contributed by atoms with Gasteiger partial charge in [-0.2, -0.15) is 4.72 Å². The Hall–Kier alpha value is -0.630. The van der Waals surface area contributed by atoms with Gasteiger partial charge in [0, 0.05) is 17.6 Å². The van der Waals surface area contributed by atoms with Gasteiger partial charge in [-0.25, -0.2) is 8.42 Å². The van der Waals surface area contributed by atoms with E-state index in [0.29, 0.717) is 22.6 Å². The lowest BCUT2D eigenvalue weighted by Gasteiger charge is -2.23. The number of benzene rings is 1. The van der Waals surface area contributed by atoms with Crippen LogP contribution in [0.15, 0.2) is 27.6 Å². The van der Waals surface area contributed by atoms with Crippen molar-refractivity contribution in [2.24, 2.45) is 0 Å². The van der Waals surface area contributed by atoms with Crippen molar-refractivity contribution in [1.82, 2.24) is 9.62 Å². The molecular formula is C13H18BrClN2O3S. The molecule has 21 heavy (non-hydrogen) atoms. The smallest absolute Gasteiger partial charge is 0.241 e. The number of likely N-dealkylation sites (N-methyl/N-ethyl adjacent to an activating group) is 1. The van der Waals surface area contributed by atoms with Crippen LogP contribution in [-0.4, -0.2) is 38.4 Å². The lowest BCUT2D eigenvalue weighted by Crippen LogP contribution is -2.46. The number of carbonyl (C=O) groups is 1. The summed E-state index contributed by atoms with van der Waals surface area (Å²) in [5.41, 5.74) is 0. The van der Waals surface area contributed by atoms with Crippen molar-refractivity contribution in [3.05, 3.63) is 27.7 Å². The van der Waals surface area contributed by atoms with E-state index in [-0.39, 0.29) is 10.8 Å². The first-order valence-electron chi connectivity index (χ1n) is 6.49. The normalized spacial score (nSPS) is 13.0. The summed E-state index contributed by atoms with van der Waals surface area (Å²) in [5.74, 6) is -0.253. The highest BCUT2D eigenvalue weighted by molar-refractivity contribution is 9.10. The first kappa shape index (κ1) is 18.4. The number of rotatable bonds is 6. The zero-order chi connectivity index (χ0) is 16.2. The average molecular weight is 398 g/mol. The Morgan fingerprint density at radius 3 is 2.43 bits per heavy atom. The van der Waals surface area contributed by atoms with Crippen molar-refractivity contribution in [2.45, 2.75) is 31.7 Å². The number of hydrogen-bond acceptors (Lipinski definition) is 3. The summed E-state index contributed by atoms with van der Waals surface area (Å²) >= 11 is 9.02. The predicted octanol–water partition coefficient (Wildman–Crippen LogP) is 2.64. The van der Waals surface area contributed by atoms with Crippen LogP contribution in [0.5, 0.6) is 0 Å². The largest absolute Gasteiger partial charge is 0.342 e. The van der Waals surface area contributed by atoms with Crippen LogP contribution in [0.2, 0.25) is 5.02 Å². The Labute approximate surface area is 138 Å². The first-order valence-corrected chi connectivity index (χ1v) is 9.14. The predicted molar refractivity (Wildman–Crippen MR) is 86.9 cm³/mol. The summed E-state index contributed by atoms with van der Waals surface area (Å²) in [6, 6.07) is 3.45. The molecule has 0 aliphatic carbocycles. The van der Waals surface area contributed by atoms with E-state index in [1.54, 1.807) is 4.90 Å². The van der Waals surface area contributed by atoms with Crippen molar-refractivity contribution in [3.63, 3.8) is 0 Å². The Balaban J connectivity index is 2.94. The molecule has 0 fully saturated rings. The molecule has 0 spiro atoms. The molecule has 0 heterocycles. The molecule has 1 atom stereocenters. The van der Waals surface area contributed by atoms with Gasteiger partial charge in [-0.1, -0.05) is 11.6 Å². The standard InChI is InChI=1S/C13H18BrClN2O3S/c1-4-17(5-2)13(18)9(3)16-21(19,20)10-6-7-12(15)11(14)8-10/h6-9,16H,4-5H2,1-3H3. The summed E-state index contributed by atoms with van der Waals surface area (Å²) in [6.45, 7) is 6.29. The third-order valence-corrected chi connectivity index (χ3v) is 5.73. The highest BCUT2D eigenvalue weighted by Gasteiger charge is 2.24. The van der Waals surface area contributed by atoms with E-state index in [2.05, 4.69) is 20.7 Å². The Morgan fingerprint density at radius 2 is 1.95 bits per heavy atom. The lowest BCUT2D eigenvalue weighted by molar-refractivity contribution is -0.132. The summed E-state index contributed by atoms with van der Waals surface area (Å²) in [5, 5.41) is 0.418. The van der Waals surface area contributed by atoms with Gasteiger partial charge in [-0.15, -0.1) is 0 Å². The molecular weight excluding hydrogens is 380 g/mol. The molecule has 118 valence electrons. The van der Waals surface area contributed by atoms with Crippen LogP contribution < -0.4 is 4.72 Å². The third kappa shape index (κ3) is 4.67. The van der Waals surface area contributed by atoms with Gasteiger partial charge in [0.15, 0.2) is 0 Å². The second kappa shape index (κ2) is 7.58. The van der Waals surface area contributed by atoms with Crippen molar-refractivity contribution in [2.75, 3.05) is 13.1 Å². The van der Waals surface area contributed by atoms with Crippen LogP contribution in [0.25, 0.3) is 0 Å². The third-order valence-electron chi connectivity index (χ3n) is 2.98. The monoisotopic (exact) mass is 396 g/mol. The molecule has 0 saturated heterocycles. The van der Waals surface area contributed by atoms with Gasteiger partial charge >= 0.3 is 0 Å². The van der Waals surface area contributed by atoms with Crippen LogP contribution in [0.3, 0.4) is 0 Å². The van der Waals surface area contributed by atoms with E-state index in [9.17, 15) is 13.2 Å². The van der Waals surface area contributed by atoms with E-state index >= 15 is 0 Å². The number of hydrogen-bond donors (Lipinski definition) is 1. The maximum atomic E-state index is 12.3. The van der Waals surface area contributed by atoms with Crippen molar-refractivity contribution in [1.29, 1.82) is 0 Å². The molecule has 0 aliphatic heterocycles. The van der Waals surface area contributed by atoms with Gasteiger partial charge < -0.3 is 4.90 Å². The van der Waals surface area contributed by atoms with Crippen LogP contribution in [0.1, 0.15) is 20.8 Å². The van der Waals surface area contributed by atoms with Crippen molar-refractivity contribution in [3.8, 4) is 0 Å². The number of halogens is 2. The summed E-state index contributed by atoms with van der Waals surface area (Å²) in [7, 11) is -3.78. The Kier molecular flexibility index (Phi) is 6.65.